The first-order valence-corrected chi connectivity index (χ1v) is 7.75. The summed E-state index contributed by atoms with van der Waals surface area (Å²) in [5, 5.41) is 31.6. The number of carbonyl (C=O) groups excluding carboxylic acids is 1. The standard InChI is InChI=1S/C14H28N2O6/c1-9-11(18)12(19)13(20)14(22-9)21-8-7-16-10(17)5-3-2-4-6-15/h9,11-14,18-20H,2-8,15H2,1H3,(H,16,17)/t9-,11+,12+,13-,14-/m1/s1. The van der Waals surface area contributed by atoms with Crippen molar-refractivity contribution in [3.63, 3.8) is 0 Å². The fourth-order valence-electron chi connectivity index (χ4n) is 2.21. The predicted octanol–water partition coefficient (Wildman–Crippen LogP) is -1.53. The fraction of sp³-hybridized carbons (Fsp3) is 0.929. The van der Waals surface area contributed by atoms with Crippen molar-refractivity contribution < 1.29 is 29.6 Å². The molecule has 130 valence electrons. The second-order valence-electron chi connectivity index (χ2n) is 5.50. The van der Waals surface area contributed by atoms with E-state index in [1.165, 1.54) is 0 Å². The van der Waals surface area contributed by atoms with Crippen molar-refractivity contribution in [2.75, 3.05) is 19.7 Å². The Balaban J connectivity index is 2.15. The summed E-state index contributed by atoms with van der Waals surface area (Å²) in [6, 6.07) is 0. The summed E-state index contributed by atoms with van der Waals surface area (Å²) >= 11 is 0. The van der Waals surface area contributed by atoms with E-state index in [1.807, 2.05) is 0 Å². The highest BCUT2D eigenvalue weighted by atomic mass is 16.7. The molecule has 0 unspecified atom stereocenters. The van der Waals surface area contributed by atoms with Crippen molar-refractivity contribution in [1.82, 2.24) is 5.32 Å². The van der Waals surface area contributed by atoms with E-state index in [0.29, 0.717) is 13.0 Å². The van der Waals surface area contributed by atoms with Gasteiger partial charge in [0.15, 0.2) is 6.29 Å². The average Bonchev–Trinajstić information content (AvgIpc) is 2.50. The number of nitrogens with two attached hydrogens (primary N) is 1. The van der Waals surface area contributed by atoms with Crippen molar-refractivity contribution in [3.8, 4) is 0 Å². The molecule has 8 nitrogen and oxygen atoms in total. The van der Waals surface area contributed by atoms with Crippen LogP contribution in [-0.4, -0.2) is 71.6 Å². The van der Waals surface area contributed by atoms with E-state index in [2.05, 4.69) is 5.32 Å². The van der Waals surface area contributed by atoms with Gasteiger partial charge in [0, 0.05) is 13.0 Å². The van der Waals surface area contributed by atoms with Gasteiger partial charge in [-0.2, -0.15) is 0 Å². The van der Waals surface area contributed by atoms with Gasteiger partial charge in [-0.15, -0.1) is 0 Å². The number of hydrogen-bond acceptors (Lipinski definition) is 7. The molecular weight excluding hydrogens is 292 g/mol. The van der Waals surface area contributed by atoms with Gasteiger partial charge < -0.3 is 35.8 Å². The molecule has 1 aliphatic rings. The molecule has 1 saturated heterocycles. The molecule has 0 radical (unpaired) electrons. The Bertz CT molecular complexity index is 330. The number of unbranched alkanes of at least 4 members (excludes halogenated alkanes) is 2. The van der Waals surface area contributed by atoms with Gasteiger partial charge in [0.25, 0.3) is 0 Å². The Labute approximate surface area is 130 Å². The molecule has 1 aliphatic heterocycles. The van der Waals surface area contributed by atoms with Crippen molar-refractivity contribution in [2.24, 2.45) is 5.73 Å². The SMILES string of the molecule is C[C@H]1O[C@@H](OCCNC(=O)CCCCCN)[C@H](O)[C@@H](O)[C@H]1O. The molecule has 0 aromatic rings. The molecule has 22 heavy (non-hydrogen) atoms. The quantitative estimate of drug-likeness (QED) is 0.325. The van der Waals surface area contributed by atoms with Gasteiger partial charge in [0.05, 0.1) is 12.7 Å². The molecule has 0 bridgehead atoms. The molecule has 5 atom stereocenters. The predicted molar refractivity (Wildman–Crippen MR) is 78.8 cm³/mol. The summed E-state index contributed by atoms with van der Waals surface area (Å²) in [6.45, 7) is 2.65. The lowest BCUT2D eigenvalue weighted by Crippen LogP contribution is -2.57. The van der Waals surface area contributed by atoms with Gasteiger partial charge in [0.2, 0.25) is 5.91 Å². The number of aliphatic hydroxyl groups is 3. The fourth-order valence-corrected chi connectivity index (χ4v) is 2.21. The number of amides is 1. The van der Waals surface area contributed by atoms with Crippen LogP contribution >= 0.6 is 0 Å². The topological polar surface area (TPSA) is 134 Å². The Morgan fingerprint density at radius 1 is 1.18 bits per heavy atom. The maximum Gasteiger partial charge on any atom is 0.220 e. The van der Waals surface area contributed by atoms with E-state index in [0.717, 1.165) is 19.3 Å². The number of aliphatic hydroxyl groups excluding tert-OH is 3. The van der Waals surface area contributed by atoms with Crippen LogP contribution in [0.3, 0.4) is 0 Å². The van der Waals surface area contributed by atoms with Crippen LogP contribution in [0.25, 0.3) is 0 Å². The van der Waals surface area contributed by atoms with Gasteiger partial charge in [-0.3, -0.25) is 4.79 Å². The smallest absolute Gasteiger partial charge is 0.220 e. The second kappa shape index (κ2) is 10.1. The zero-order valence-corrected chi connectivity index (χ0v) is 13.0. The highest BCUT2D eigenvalue weighted by molar-refractivity contribution is 5.75. The third-order valence-electron chi connectivity index (χ3n) is 3.62. The normalized spacial score (nSPS) is 32.0. The number of rotatable bonds is 9. The average molecular weight is 320 g/mol. The Morgan fingerprint density at radius 2 is 1.91 bits per heavy atom. The van der Waals surface area contributed by atoms with Gasteiger partial charge in [0.1, 0.15) is 18.3 Å². The van der Waals surface area contributed by atoms with Crippen molar-refractivity contribution >= 4 is 5.91 Å². The number of ether oxygens (including phenoxy) is 2. The van der Waals surface area contributed by atoms with E-state index >= 15 is 0 Å². The minimum absolute atomic E-state index is 0.0606. The van der Waals surface area contributed by atoms with E-state index in [1.54, 1.807) is 6.92 Å². The van der Waals surface area contributed by atoms with Crippen LogP contribution < -0.4 is 11.1 Å². The molecule has 0 saturated carbocycles. The highest BCUT2D eigenvalue weighted by Crippen LogP contribution is 2.21. The Kier molecular flexibility index (Phi) is 8.84. The van der Waals surface area contributed by atoms with Crippen LogP contribution in [-0.2, 0) is 14.3 Å². The van der Waals surface area contributed by atoms with Gasteiger partial charge >= 0.3 is 0 Å². The summed E-state index contributed by atoms with van der Waals surface area (Å²) in [7, 11) is 0. The van der Waals surface area contributed by atoms with Crippen molar-refractivity contribution in [2.45, 2.75) is 63.3 Å². The third-order valence-corrected chi connectivity index (χ3v) is 3.62. The lowest BCUT2D eigenvalue weighted by molar-refractivity contribution is -0.292. The van der Waals surface area contributed by atoms with Crippen LogP contribution in [0.1, 0.15) is 32.6 Å². The summed E-state index contributed by atoms with van der Waals surface area (Å²) in [6.07, 6.45) is -2.34. The van der Waals surface area contributed by atoms with E-state index in [-0.39, 0.29) is 19.1 Å². The molecular formula is C14H28N2O6. The molecule has 1 rings (SSSR count). The van der Waals surface area contributed by atoms with Crippen LogP contribution in [0, 0.1) is 0 Å². The van der Waals surface area contributed by atoms with E-state index in [9.17, 15) is 20.1 Å². The Morgan fingerprint density at radius 3 is 2.59 bits per heavy atom. The molecule has 0 aliphatic carbocycles. The molecule has 0 aromatic carbocycles. The lowest BCUT2D eigenvalue weighted by atomic mass is 10.0. The minimum atomic E-state index is -1.32. The maximum atomic E-state index is 11.5. The molecule has 8 heteroatoms. The minimum Gasteiger partial charge on any atom is -0.388 e. The summed E-state index contributed by atoms with van der Waals surface area (Å²) in [4.78, 5) is 11.5. The van der Waals surface area contributed by atoms with Crippen LogP contribution in [0.2, 0.25) is 0 Å². The van der Waals surface area contributed by atoms with Crippen molar-refractivity contribution in [1.29, 1.82) is 0 Å². The maximum absolute atomic E-state index is 11.5. The zero-order chi connectivity index (χ0) is 16.5. The second-order valence-corrected chi connectivity index (χ2v) is 5.50. The summed E-state index contributed by atoms with van der Waals surface area (Å²) < 4.78 is 10.6. The summed E-state index contributed by atoms with van der Waals surface area (Å²) in [5.41, 5.74) is 5.37. The molecule has 0 aromatic heterocycles. The molecule has 0 spiro atoms. The van der Waals surface area contributed by atoms with Crippen molar-refractivity contribution in [3.05, 3.63) is 0 Å². The number of hydrogen-bond donors (Lipinski definition) is 5. The van der Waals surface area contributed by atoms with Crippen LogP contribution in [0.5, 0.6) is 0 Å². The zero-order valence-electron chi connectivity index (χ0n) is 13.0. The van der Waals surface area contributed by atoms with Gasteiger partial charge in [-0.25, -0.2) is 0 Å². The lowest BCUT2D eigenvalue weighted by Gasteiger charge is -2.38. The highest BCUT2D eigenvalue weighted by Gasteiger charge is 2.42. The largest absolute Gasteiger partial charge is 0.388 e. The van der Waals surface area contributed by atoms with E-state index < -0.39 is 30.7 Å². The van der Waals surface area contributed by atoms with E-state index in [4.69, 9.17) is 15.2 Å². The Hall–Kier alpha value is -0.770. The van der Waals surface area contributed by atoms with Gasteiger partial charge in [-0.1, -0.05) is 6.42 Å². The first-order chi connectivity index (χ1) is 10.5. The number of carbonyl (C=O) groups is 1. The summed E-state index contributed by atoms with van der Waals surface area (Å²) in [5.74, 6) is -0.0606. The molecule has 1 fully saturated rings. The number of nitrogens with one attached hydrogen (secondary N) is 1. The molecule has 1 amide bonds. The first-order valence-electron chi connectivity index (χ1n) is 7.75. The van der Waals surface area contributed by atoms with Crippen LogP contribution in [0.15, 0.2) is 0 Å². The molecule has 1 heterocycles. The molecule has 6 N–H and O–H groups in total. The van der Waals surface area contributed by atoms with Gasteiger partial charge in [-0.05, 0) is 26.3 Å². The first kappa shape index (κ1) is 19.3. The third kappa shape index (κ3) is 6.15. The van der Waals surface area contributed by atoms with Crippen LogP contribution in [0.4, 0.5) is 0 Å². The monoisotopic (exact) mass is 320 g/mol.